The summed E-state index contributed by atoms with van der Waals surface area (Å²) in [4.78, 5) is 14.5. The van der Waals surface area contributed by atoms with Gasteiger partial charge in [0.05, 0.1) is 6.26 Å². The summed E-state index contributed by atoms with van der Waals surface area (Å²) < 4.78 is 5.14. The first-order chi connectivity index (χ1) is 9.74. The molecule has 5 nitrogen and oxygen atoms in total. The fraction of sp³-hybridized carbons (Fsp3) is 0.133. The first kappa shape index (κ1) is 12.3. The maximum atomic E-state index is 11.4. The molecule has 1 aromatic carbocycles. The molecule has 0 radical (unpaired) electrons. The van der Waals surface area contributed by atoms with Crippen LogP contribution in [0, 0.1) is 0 Å². The highest BCUT2D eigenvalue weighted by molar-refractivity contribution is 5.85. The van der Waals surface area contributed by atoms with E-state index in [4.69, 9.17) is 4.42 Å². The summed E-state index contributed by atoms with van der Waals surface area (Å²) in [5.41, 5.74) is 1.97. The van der Waals surface area contributed by atoms with Crippen molar-refractivity contribution in [1.82, 2.24) is 4.98 Å². The van der Waals surface area contributed by atoms with Crippen LogP contribution in [-0.2, 0) is 11.2 Å². The molecule has 2 heterocycles. The number of carbonyl (C=O) groups is 1. The van der Waals surface area contributed by atoms with Crippen molar-refractivity contribution in [2.75, 3.05) is 5.32 Å². The van der Waals surface area contributed by atoms with Gasteiger partial charge >= 0.3 is 5.97 Å². The van der Waals surface area contributed by atoms with Crippen LogP contribution < -0.4 is 5.32 Å². The predicted octanol–water partition coefficient (Wildman–Crippen LogP) is 2.87. The Bertz CT molecular complexity index is 716. The quantitative estimate of drug-likeness (QED) is 0.666. The topological polar surface area (TPSA) is 78.3 Å². The van der Waals surface area contributed by atoms with E-state index in [-0.39, 0.29) is 0 Å². The second-order valence-electron chi connectivity index (χ2n) is 4.58. The van der Waals surface area contributed by atoms with Crippen LogP contribution in [0.2, 0.25) is 0 Å². The van der Waals surface area contributed by atoms with Crippen molar-refractivity contribution in [2.45, 2.75) is 12.5 Å². The minimum absolute atomic E-state index is 0.375. The van der Waals surface area contributed by atoms with E-state index < -0.39 is 12.0 Å². The van der Waals surface area contributed by atoms with Gasteiger partial charge in [0.25, 0.3) is 0 Å². The van der Waals surface area contributed by atoms with Crippen molar-refractivity contribution in [3.8, 4) is 0 Å². The summed E-state index contributed by atoms with van der Waals surface area (Å²) in [6.45, 7) is 0. The Morgan fingerprint density at radius 3 is 2.90 bits per heavy atom. The Hall–Kier alpha value is -2.69. The predicted molar refractivity (Wildman–Crippen MR) is 75.8 cm³/mol. The SMILES string of the molecule is O=C(O)C(Cc1c[nH]c2ccccc12)Nc1ccco1. The van der Waals surface area contributed by atoms with Crippen LogP contribution in [0.5, 0.6) is 0 Å². The number of H-pyrrole nitrogens is 1. The first-order valence-electron chi connectivity index (χ1n) is 6.32. The van der Waals surface area contributed by atoms with Crippen LogP contribution in [0.15, 0.2) is 53.3 Å². The van der Waals surface area contributed by atoms with Gasteiger partial charge in [-0.15, -0.1) is 0 Å². The minimum Gasteiger partial charge on any atom is -0.480 e. The smallest absolute Gasteiger partial charge is 0.326 e. The lowest BCUT2D eigenvalue weighted by atomic mass is 10.1. The number of hydrogen-bond acceptors (Lipinski definition) is 3. The molecule has 0 fully saturated rings. The molecular formula is C15H14N2O3. The molecule has 0 aliphatic carbocycles. The van der Waals surface area contributed by atoms with Gasteiger partial charge in [-0.1, -0.05) is 18.2 Å². The van der Waals surface area contributed by atoms with Gasteiger partial charge in [-0.3, -0.25) is 0 Å². The Labute approximate surface area is 115 Å². The number of aromatic amines is 1. The van der Waals surface area contributed by atoms with E-state index in [1.54, 1.807) is 12.1 Å². The van der Waals surface area contributed by atoms with Crippen molar-refractivity contribution in [3.63, 3.8) is 0 Å². The number of anilines is 1. The summed E-state index contributed by atoms with van der Waals surface area (Å²) in [6, 6.07) is 10.5. The van der Waals surface area contributed by atoms with Crippen molar-refractivity contribution >= 4 is 22.8 Å². The van der Waals surface area contributed by atoms with Gasteiger partial charge in [-0.25, -0.2) is 4.79 Å². The number of furan rings is 1. The van der Waals surface area contributed by atoms with Crippen LogP contribution in [0.4, 0.5) is 5.88 Å². The van der Waals surface area contributed by atoms with Crippen molar-refractivity contribution in [2.24, 2.45) is 0 Å². The van der Waals surface area contributed by atoms with E-state index in [9.17, 15) is 9.90 Å². The lowest BCUT2D eigenvalue weighted by Gasteiger charge is -2.13. The van der Waals surface area contributed by atoms with Crippen molar-refractivity contribution < 1.29 is 14.3 Å². The van der Waals surface area contributed by atoms with Crippen molar-refractivity contribution in [1.29, 1.82) is 0 Å². The molecule has 0 bridgehead atoms. The zero-order valence-electron chi connectivity index (χ0n) is 10.7. The number of carboxylic acid groups (broad SMARTS) is 1. The average Bonchev–Trinajstić information content (AvgIpc) is 3.08. The average molecular weight is 270 g/mol. The molecule has 5 heteroatoms. The van der Waals surface area contributed by atoms with Gasteiger partial charge < -0.3 is 19.8 Å². The molecule has 1 unspecified atom stereocenters. The summed E-state index contributed by atoms with van der Waals surface area (Å²) in [5, 5.41) is 13.3. The number of fused-ring (bicyclic) bond motifs is 1. The van der Waals surface area contributed by atoms with E-state index in [1.807, 2.05) is 30.5 Å². The van der Waals surface area contributed by atoms with Crippen LogP contribution >= 0.6 is 0 Å². The molecule has 0 spiro atoms. The number of rotatable bonds is 5. The molecule has 3 aromatic rings. The Morgan fingerprint density at radius 1 is 1.30 bits per heavy atom. The molecule has 1 atom stereocenters. The number of nitrogens with one attached hydrogen (secondary N) is 2. The van der Waals surface area contributed by atoms with Crippen LogP contribution in [-0.4, -0.2) is 22.1 Å². The summed E-state index contributed by atoms with van der Waals surface area (Å²) in [6.07, 6.45) is 3.73. The molecule has 3 N–H and O–H groups in total. The summed E-state index contributed by atoms with van der Waals surface area (Å²) in [5.74, 6) is -0.455. The molecule has 0 aliphatic rings. The largest absolute Gasteiger partial charge is 0.480 e. The van der Waals surface area contributed by atoms with Gasteiger partial charge in [0, 0.05) is 29.6 Å². The van der Waals surface area contributed by atoms with Gasteiger partial charge in [0.1, 0.15) is 6.04 Å². The maximum Gasteiger partial charge on any atom is 0.326 e. The number of aliphatic carboxylic acids is 1. The van der Waals surface area contributed by atoms with Crippen LogP contribution in [0.25, 0.3) is 10.9 Å². The molecule has 0 saturated carbocycles. The highest BCUT2D eigenvalue weighted by atomic mass is 16.4. The summed E-state index contributed by atoms with van der Waals surface area (Å²) in [7, 11) is 0. The molecule has 0 aliphatic heterocycles. The lowest BCUT2D eigenvalue weighted by Crippen LogP contribution is -2.31. The zero-order chi connectivity index (χ0) is 13.9. The monoisotopic (exact) mass is 270 g/mol. The van der Waals surface area contributed by atoms with E-state index in [0.29, 0.717) is 12.3 Å². The molecule has 0 amide bonds. The van der Waals surface area contributed by atoms with Crippen LogP contribution in [0.1, 0.15) is 5.56 Å². The van der Waals surface area contributed by atoms with E-state index in [0.717, 1.165) is 16.5 Å². The van der Waals surface area contributed by atoms with Gasteiger partial charge in [0.2, 0.25) is 0 Å². The standard InChI is InChI=1S/C15H14N2O3/c18-15(19)13(17-14-6-3-7-20-14)8-10-9-16-12-5-2-1-4-11(10)12/h1-7,9,13,16-17H,8H2,(H,18,19). The summed E-state index contributed by atoms with van der Waals surface area (Å²) >= 11 is 0. The Morgan fingerprint density at radius 2 is 2.15 bits per heavy atom. The number of para-hydroxylation sites is 1. The van der Waals surface area contributed by atoms with Crippen LogP contribution in [0.3, 0.4) is 0 Å². The fourth-order valence-corrected chi connectivity index (χ4v) is 2.25. The number of aromatic nitrogens is 1. The second-order valence-corrected chi connectivity index (χ2v) is 4.58. The Kier molecular flexibility index (Phi) is 3.16. The molecule has 102 valence electrons. The number of hydrogen-bond donors (Lipinski definition) is 3. The molecule has 2 aromatic heterocycles. The lowest BCUT2D eigenvalue weighted by molar-refractivity contribution is -0.137. The van der Waals surface area contributed by atoms with Crippen molar-refractivity contribution in [3.05, 3.63) is 54.4 Å². The van der Waals surface area contributed by atoms with E-state index in [1.165, 1.54) is 6.26 Å². The molecule has 3 rings (SSSR count). The highest BCUT2D eigenvalue weighted by Gasteiger charge is 2.20. The third-order valence-corrected chi connectivity index (χ3v) is 3.23. The first-order valence-corrected chi connectivity index (χ1v) is 6.32. The van der Waals surface area contributed by atoms with Gasteiger partial charge in [-0.2, -0.15) is 0 Å². The molecule has 0 saturated heterocycles. The van der Waals surface area contributed by atoms with Gasteiger partial charge in [0.15, 0.2) is 5.88 Å². The van der Waals surface area contributed by atoms with E-state index in [2.05, 4.69) is 10.3 Å². The fourth-order valence-electron chi connectivity index (χ4n) is 2.25. The number of carboxylic acids is 1. The van der Waals surface area contributed by atoms with E-state index >= 15 is 0 Å². The third kappa shape index (κ3) is 2.38. The zero-order valence-corrected chi connectivity index (χ0v) is 10.7. The molecular weight excluding hydrogens is 256 g/mol. The van der Waals surface area contributed by atoms with Gasteiger partial charge in [-0.05, 0) is 17.7 Å². The molecule has 20 heavy (non-hydrogen) atoms. The Balaban J connectivity index is 1.84. The third-order valence-electron chi connectivity index (χ3n) is 3.23. The highest BCUT2D eigenvalue weighted by Crippen LogP contribution is 2.20. The number of benzene rings is 1. The normalized spacial score (nSPS) is 12.4. The second kappa shape index (κ2) is 5.13. The maximum absolute atomic E-state index is 11.4. The minimum atomic E-state index is -0.910.